The molecule has 1 aliphatic rings. The SMILES string of the molecule is Cc1ccc(-c2noc([C@@H]3CCCN3C(=O)CNC(=O)C(c3ccccc3)c3ccccc3)n2)cc1. The molecule has 5 rings (SSSR count). The van der Waals surface area contributed by atoms with Crippen LogP contribution < -0.4 is 5.32 Å². The van der Waals surface area contributed by atoms with Gasteiger partial charge in [0, 0.05) is 12.1 Å². The first-order chi connectivity index (χ1) is 17.6. The normalized spacial score (nSPS) is 15.3. The Hall–Kier alpha value is -4.26. The van der Waals surface area contributed by atoms with Crippen molar-refractivity contribution in [3.63, 3.8) is 0 Å². The molecule has 0 unspecified atom stereocenters. The van der Waals surface area contributed by atoms with Crippen LogP contribution in [0.15, 0.2) is 89.5 Å². The van der Waals surface area contributed by atoms with Crippen LogP contribution >= 0.6 is 0 Å². The molecule has 1 aliphatic heterocycles. The molecular weight excluding hydrogens is 452 g/mol. The van der Waals surface area contributed by atoms with Crippen LogP contribution in [-0.2, 0) is 9.59 Å². The molecule has 1 fully saturated rings. The molecule has 0 saturated carbocycles. The van der Waals surface area contributed by atoms with E-state index in [0.29, 0.717) is 18.3 Å². The van der Waals surface area contributed by atoms with Crippen LogP contribution in [0.25, 0.3) is 11.4 Å². The van der Waals surface area contributed by atoms with Crippen molar-refractivity contribution < 1.29 is 14.1 Å². The van der Waals surface area contributed by atoms with E-state index in [1.807, 2.05) is 91.9 Å². The van der Waals surface area contributed by atoms with Gasteiger partial charge in [-0.15, -0.1) is 0 Å². The van der Waals surface area contributed by atoms with Gasteiger partial charge in [-0.05, 0) is 30.9 Å². The average Bonchev–Trinajstić information content (AvgIpc) is 3.59. The van der Waals surface area contributed by atoms with Crippen molar-refractivity contribution in [3.8, 4) is 11.4 Å². The predicted octanol–water partition coefficient (Wildman–Crippen LogP) is 4.66. The van der Waals surface area contributed by atoms with Crippen LogP contribution in [0.4, 0.5) is 0 Å². The van der Waals surface area contributed by atoms with Crippen molar-refractivity contribution in [2.45, 2.75) is 31.7 Å². The zero-order chi connectivity index (χ0) is 24.9. The third kappa shape index (κ3) is 5.05. The number of benzene rings is 3. The molecule has 182 valence electrons. The highest BCUT2D eigenvalue weighted by molar-refractivity contribution is 5.91. The van der Waals surface area contributed by atoms with Crippen molar-refractivity contribution in [3.05, 3.63) is 108 Å². The van der Waals surface area contributed by atoms with Gasteiger partial charge in [0.2, 0.25) is 23.5 Å². The van der Waals surface area contributed by atoms with Gasteiger partial charge in [-0.25, -0.2) is 0 Å². The van der Waals surface area contributed by atoms with E-state index in [0.717, 1.165) is 35.1 Å². The second-order valence-electron chi connectivity index (χ2n) is 9.04. The number of amides is 2. The minimum absolute atomic E-state index is 0.0928. The number of nitrogens with one attached hydrogen (secondary N) is 1. The molecule has 0 radical (unpaired) electrons. The number of rotatable bonds is 7. The Bertz CT molecular complexity index is 1280. The summed E-state index contributed by atoms with van der Waals surface area (Å²) in [5.74, 6) is 0.0553. The zero-order valence-electron chi connectivity index (χ0n) is 20.1. The zero-order valence-corrected chi connectivity index (χ0v) is 20.1. The molecule has 0 spiro atoms. The number of aryl methyl sites for hydroxylation is 1. The van der Waals surface area contributed by atoms with Crippen molar-refractivity contribution in [2.24, 2.45) is 0 Å². The third-order valence-electron chi connectivity index (χ3n) is 6.55. The van der Waals surface area contributed by atoms with Gasteiger partial charge < -0.3 is 14.7 Å². The Kier molecular flexibility index (Phi) is 6.89. The Morgan fingerprint density at radius 3 is 2.25 bits per heavy atom. The summed E-state index contributed by atoms with van der Waals surface area (Å²) in [6.07, 6.45) is 1.58. The molecule has 4 aromatic rings. The van der Waals surface area contributed by atoms with Gasteiger partial charge >= 0.3 is 0 Å². The highest BCUT2D eigenvalue weighted by Crippen LogP contribution is 2.32. The smallest absolute Gasteiger partial charge is 0.249 e. The molecule has 7 heteroatoms. The quantitative estimate of drug-likeness (QED) is 0.416. The van der Waals surface area contributed by atoms with E-state index >= 15 is 0 Å². The number of aromatic nitrogens is 2. The van der Waals surface area contributed by atoms with Gasteiger partial charge in [-0.1, -0.05) is 95.6 Å². The van der Waals surface area contributed by atoms with Crippen LogP contribution in [0.2, 0.25) is 0 Å². The molecule has 2 heterocycles. The number of hydrogen-bond acceptors (Lipinski definition) is 5. The lowest BCUT2D eigenvalue weighted by atomic mass is 9.90. The number of hydrogen-bond donors (Lipinski definition) is 1. The van der Waals surface area contributed by atoms with Crippen LogP contribution in [0, 0.1) is 6.92 Å². The van der Waals surface area contributed by atoms with E-state index in [9.17, 15) is 9.59 Å². The molecule has 1 N–H and O–H groups in total. The summed E-state index contributed by atoms with van der Waals surface area (Å²) in [5, 5.41) is 6.99. The summed E-state index contributed by atoms with van der Waals surface area (Å²) < 4.78 is 5.55. The summed E-state index contributed by atoms with van der Waals surface area (Å²) in [6.45, 7) is 2.51. The number of carbonyl (C=O) groups excluding carboxylic acids is 2. The van der Waals surface area contributed by atoms with E-state index in [1.54, 1.807) is 4.90 Å². The van der Waals surface area contributed by atoms with E-state index in [-0.39, 0.29) is 24.4 Å². The van der Waals surface area contributed by atoms with Crippen molar-refractivity contribution in [1.29, 1.82) is 0 Å². The molecular formula is C29H28N4O3. The summed E-state index contributed by atoms with van der Waals surface area (Å²) in [7, 11) is 0. The minimum Gasteiger partial charge on any atom is -0.346 e. The standard InChI is InChI=1S/C29H28N4O3/c1-20-14-16-23(17-15-20)27-31-29(36-32-27)24-13-8-18-33(24)25(34)19-30-28(35)26(21-9-4-2-5-10-21)22-11-6-3-7-12-22/h2-7,9-12,14-17,24,26H,8,13,18-19H2,1H3,(H,30,35)/t24-/m0/s1. The first-order valence-electron chi connectivity index (χ1n) is 12.2. The topological polar surface area (TPSA) is 88.3 Å². The predicted molar refractivity (Wildman–Crippen MR) is 136 cm³/mol. The number of nitrogens with zero attached hydrogens (tertiary/aromatic N) is 3. The largest absolute Gasteiger partial charge is 0.346 e. The molecule has 3 aromatic carbocycles. The molecule has 0 aliphatic carbocycles. The average molecular weight is 481 g/mol. The summed E-state index contributed by atoms with van der Waals surface area (Å²) in [4.78, 5) is 32.7. The van der Waals surface area contributed by atoms with Crippen LogP contribution in [0.5, 0.6) is 0 Å². The second-order valence-corrected chi connectivity index (χ2v) is 9.04. The molecule has 1 aromatic heterocycles. The van der Waals surface area contributed by atoms with Crippen LogP contribution in [0.1, 0.15) is 47.4 Å². The lowest BCUT2D eigenvalue weighted by Gasteiger charge is -2.23. The van der Waals surface area contributed by atoms with Gasteiger partial charge in [-0.3, -0.25) is 9.59 Å². The fourth-order valence-corrected chi connectivity index (χ4v) is 4.66. The molecule has 1 saturated heterocycles. The summed E-state index contributed by atoms with van der Waals surface area (Å²) in [6, 6.07) is 26.8. The lowest BCUT2D eigenvalue weighted by Crippen LogP contribution is -2.41. The van der Waals surface area contributed by atoms with E-state index in [2.05, 4.69) is 15.5 Å². The monoisotopic (exact) mass is 480 g/mol. The third-order valence-corrected chi connectivity index (χ3v) is 6.55. The number of likely N-dealkylation sites (tertiary alicyclic amines) is 1. The van der Waals surface area contributed by atoms with Crippen molar-refractivity contribution in [2.75, 3.05) is 13.1 Å². The van der Waals surface area contributed by atoms with Gasteiger partial charge in [0.1, 0.15) is 6.04 Å². The fourth-order valence-electron chi connectivity index (χ4n) is 4.66. The molecule has 1 atom stereocenters. The van der Waals surface area contributed by atoms with Gasteiger partial charge in [0.05, 0.1) is 12.5 Å². The van der Waals surface area contributed by atoms with Crippen LogP contribution in [0.3, 0.4) is 0 Å². The van der Waals surface area contributed by atoms with Crippen LogP contribution in [-0.4, -0.2) is 39.9 Å². The summed E-state index contributed by atoms with van der Waals surface area (Å²) in [5.41, 5.74) is 3.77. The molecule has 0 bridgehead atoms. The van der Waals surface area contributed by atoms with E-state index in [4.69, 9.17) is 4.52 Å². The van der Waals surface area contributed by atoms with Gasteiger partial charge in [-0.2, -0.15) is 4.98 Å². The Morgan fingerprint density at radius 2 is 1.61 bits per heavy atom. The first-order valence-corrected chi connectivity index (χ1v) is 12.2. The van der Waals surface area contributed by atoms with Gasteiger partial charge in [0.15, 0.2) is 0 Å². The van der Waals surface area contributed by atoms with E-state index in [1.165, 1.54) is 0 Å². The Labute approximate surface area is 210 Å². The van der Waals surface area contributed by atoms with Crippen molar-refractivity contribution >= 4 is 11.8 Å². The lowest BCUT2D eigenvalue weighted by molar-refractivity contribution is -0.134. The summed E-state index contributed by atoms with van der Waals surface area (Å²) >= 11 is 0. The molecule has 36 heavy (non-hydrogen) atoms. The molecule has 2 amide bonds. The highest BCUT2D eigenvalue weighted by Gasteiger charge is 2.34. The second kappa shape index (κ2) is 10.6. The van der Waals surface area contributed by atoms with E-state index < -0.39 is 5.92 Å². The maximum Gasteiger partial charge on any atom is 0.249 e. The molecule has 7 nitrogen and oxygen atoms in total. The minimum atomic E-state index is -0.498. The highest BCUT2D eigenvalue weighted by atomic mass is 16.5. The Balaban J connectivity index is 1.27. The fraction of sp³-hybridized carbons (Fsp3) is 0.241. The Morgan fingerprint density at radius 1 is 0.972 bits per heavy atom. The first kappa shape index (κ1) is 23.5. The maximum atomic E-state index is 13.3. The van der Waals surface area contributed by atoms with Gasteiger partial charge in [0.25, 0.3) is 0 Å². The van der Waals surface area contributed by atoms with Crippen molar-refractivity contribution in [1.82, 2.24) is 20.4 Å². The maximum absolute atomic E-state index is 13.3. The number of carbonyl (C=O) groups is 2.